The number of alkyl halides is 1. The summed E-state index contributed by atoms with van der Waals surface area (Å²) < 4.78 is 2.04. The molecule has 3 nitrogen and oxygen atoms in total. The minimum atomic E-state index is 0.438. The van der Waals surface area contributed by atoms with Crippen LogP contribution < -0.4 is 0 Å². The molecule has 0 saturated heterocycles. The summed E-state index contributed by atoms with van der Waals surface area (Å²) in [5.41, 5.74) is 0. The Labute approximate surface area is 96.8 Å². The molecule has 1 unspecified atom stereocenters. The SMILES string of the molecule is CCCCC(CC)c1nnc(CCl)n1C. The molecule has 0 N–H and O–H groups in total. The van der Waals surface area contributed by atoms with Gasteiger partial charge in [-0.3, -0.25) is 0 Å². The molecule has 15 heavy (non-hydrogen) atoms. The van der Waals surface area contributed by atoms with Gasteiger partial charge in [0.1, 0.15) is 11.6 Å². The van der Waals surface area contributed by atoms with Crippen LogP contribution in [0.4, 0.5) is 0 Å². The molecule has 1 aromatic rings. The van der Waals surface area contributed by atoms with Crippen molar-refractivity contribution >= 4 is 11.6 Å². The van der Waals surface area contributed by atoms with Crippen LogP contribution in [-0.4, -0.2) is 14.8 Å². The maximum Gasteiger partial charge on any atom is 0.147 e. The average Bonchev–Trinajstić information content (AvgIpc) is 2.62. The predicted molar refractivity (Wildman–Crippen MR) is 63.1 cm³/mol. The van der Waals surface area contributed by atoms with E-state index in [1.807, 2.05) is 11.6 Å². The third-order valence-electron chi connectivity index (χ3n) is 2.88. The third-order valence-corrected chi connectivity index (χ3v) is 3.12. The second-order valence-corrected chi connectivity index (χ2v) is 4.18. The summed E-state index contributed by atoms with van der Waals surface area (Å²) in [6.07, 6.45) is 4.80. The van der Waals surface area contributed by atoms with Gasteiger partial charge in [-0.05, 0) is 12.8 Å². The average molecular weight is 230 g/mol. The van der Waals surface area contributed by atoms with Crippen molar-refractivity contribution in [2.24, 2.45) is 7.05 Å². The van der Waals surface area contributed by atoms with Gasteiger partial charge < -0.3 is 4.57 Å². The van der Waals surface area contributed by atoms with E-state index in [-0.39, 0.29) is 0 Å². The first-order valence-electron chi connectivity index (χ1n) is 5.68. The van der Waals surface area contributed by atoms with Gasteiger partial charge in [-0.2, -0.15) is 0 Å². The summed E-state index contributed by atoms with van der Waals surface area (Å²) in [6, 6.07) is 0. The lowest BCUT2D eigenvalue weighted by Gasteiger charge is -2.13. The maximum atomic E-state index is 5.77. The standard InChI is InChI=1S/C11H20ClN3/c1-4-6-7-9(5-2)11-14-13-10(8-12)15(11)3/h9H,4-8H2,1-3H3. The molecule has 0 aromatic carbocycles. The summed E-state index contributed by atoms with van der Waals surface area (Å²) in [6.45, 7) is 4.42. The van der Waals surface area contributed by atoms with Crippen LogP contribution in [0.1, 0.15) is 57.1 Å². The molecule has 0 spiro atoms. The van der Waals surface area contributed by atoms with Crippen molar-refractivity contribution in [2.45, 2.75) is 51.3 Å². The van der Waals surface area contributed by atoms with Crippen LogP contribution in [0.2, 0.25) is 0 Å². The molecule has 4 heteroatoms. The Hall–Kier alpha value is -0.570. The van der Waals surface area contributed by atoms with Crippen molar-refractivity contribution in [3.8, 4) is 0 Å². The van der Waals surface area contributed by atoms with Crippen molar-refractivity contribution in [3.63, 3.8) is 0 Å². The van der Waals surface area contributed by atoms with Gasteiger partial charge >= 0.3 is 0 Å². The van der Waals surface area contributed by atoms with Crippen LogP contribution in [0.3, 0.4) is 0 Å². The molecule has 0 aliphatic carbocycles. The molecule has 0 radical (unpaired) electrons. The zero-order chi connectivity index (χ0) is 11.3. The zero-order valence-corrected chi connectivity index (χ0v) is 10.6. The van der Waals surface area contributed by atoms with Gasteiger partial charge in [0.05, 0.1) is 5.88 Å². The van der Waals surface area contributed by atoms with E-state index in [1.165, 1.54) is 19.3 Å². The highest BCUT2D eigenvalue weighted by molar-refractivity contribution is 6.16. The smallest absolute Gasteiger partial charge is 0.147 e. The summed E-state index contributed by atoms with van der Waals surface area (Å²) >= 11 is 5.77. The van der Waals surface area contributed by atoms with E-state index >= 15 is 0 Å². The first-order chi connectivity index (χ1) is 7.24. The quantitative estimate of drug-likeness (QED) is 0.702. The monoisotopic (exact) mass is 229 g/mol. The number of aromatic nitrogens is 3. The Balaban J connectivity index is 2.77. The van der Waals surface area contributed by atoms with Gasteiger partial charge in [-0.15, -0.1) is 21.8 Å². The summed E-state index contributed by atoms with van der Waals surface area (Å²) in [5.74, 6) is 2.91. The van der Waals surface area contributed by atoms with Crippen LogP contribution in [-0.2, 0) is 12.9 Å². The molecule has 0 fully saturated rings. The van der Waals surface area contributed by atoms with E-state index in [0.29, 0.717) is 11.8 Å². The fraction of sp³-hybridized carbons (Fsp3) is 0.818. The van der Waals surface area contributed by atoms with Crippen LogP contribution in [0.15, 0.2) is 0 Å². The van der Waals surface area contributed by atoms with Crippen molar-refractivity contribution in [3.05, 3.63) is 11.6 Å². The summed E-state index contributed by atoms with van der Waals surface area (Å²) in [5, 5.41) is 8.33. The van der Waals surface area contributed by atoms with Crippen molar-refractivity contribution in [1.82, 2.24) is 14.8 Å². The topological polar surface area (TPSA) is 30.7 Å². The van der Waals surface area contributed by atoms with Crippen molar-refractivity contribution < 1.29 is 0 Å². The van der Waals surface area contributed by atoms with Gasteiger partial charge in [0, 0.05) is 13.0 Å². The minimum absolute atomic E-state index is 0.438. The molecular weight excluding hydrogens is 210 g/mol. The lowest BCUT2D eigenvalue weighted by atomic mass is 9.98. The summed E-state index contributed by atoms with van der Waals surface area (Å²) in [4.78, 5) is 0. The maximum absolute atomic E-state index is 5.77. The third kappa shape index (κ3) is 2.94. The van der Waals surface area contributed by atoms with E-state index in [2.05, 4.69) is 24.0 Å². The second kappa shape index (κ2) is 6.11. The molecule has 1 atom stereocenters. The lowest BCUT2D eigenvalue weighted by Crippen LogP contribution is -2.07. The zero-order valence-electron chi connectivity index (χ0n) is 9.83. The highest BCUT2D eigenvalue weighted by atomic mass is 35.5. The second-order valence-electron chi connectivity index (χ2n) is 3.91. The molecular formula is C11H20ClN3. The molecule has 1 aromatic heterocycles. The van der Waals surface area contributed by atoms with Crippen molar-refractivity contribution in [2.75, 3.05) is 0 Å². The van der Waals surface area contributed by atoms with E-state index in [1.54, 1.807) is 0 Å². The number of halogens is 1. The van der Waals surface area contributed by atoms with Crippen LogP contribution in [0.25, 0.3) is 0 Å². The Bertz CT molecular complexity index is 296. The van der Waals surface area contributed by atoms with E-state index in [9.17, 15) is 0 Å². The Morgan fingerprint density at radius 1 is 1.33 bits per heavy atom. The van der Waals surface area contributed by atoms with Gasteiger partial charge in [-0.1, -0.05) is 26.7 Å². The van der Waals surface area contributed by atoms with E-state index < -0.39 is 0 Å². The molecule has 1 rings (SSSR count). The number of hydrogen-bond donors (Lipinski definition) is 0. The number of unbranched alkanes of at least 4 members (excludes halogenated alkanes) is 1. The minimum Gasteiger partial charge on any atom is -0.317 e. The fourth-order valence-corrected chi connectivity index (χ4v) is 2.05. The number of nitrogens with zero attached hydrogens (tertiary/aromatic N) is 3. The van der Waals surface area contributed by atoms with Crippen LogP contribution in [0, 0.1) is 0 Å². The molecule has 0 bridgehead atoms. The van der Waals surface area contributed by atoms with E-state index in [0.717, 1.165) is 18.1 Å². The molecule has 1 heterocycles. The van der Waals surface area contributed by atoms with E-state index in [4.69, 9.17) is 11.6 Å². The Morgan fingerprint density at radius 2 is 2.07 bits per heavy atom. The van der Waals surface area contributed by atoms with Crippen molar-refractivity contribution in [1.29, 1.82) is 0 Å². The first-order valence-corrected chi connectivity index (χ1v) is 6.22. The predicted octanol–water partition coefficient (Wildman–Crippen LogP) is 3.24. The lowest BCUT2D eigenvalue weighted by molar-refractivity contribution is 0.525. The fourth-order valence-electron chi connectivity index (χ4n) is 1.81. The number of rotatable bonds is 6. The molecule has 0 saturated carbocycles. The molecule has 0 amide bonds. The van der Waals surface area contributed by atoms with Gasteiger partial charge in [0.25, 0.3) is 0 Å². The number of hydrogen-bond acceptors (Lipinski definition) is 2. The summed E-state index contributed by atoms with van der Waals surface area (Å²) in [7, 11) is 2.00. The van der Waals surface area contributed by atoms with Gasteiger partial charge in [0.2, 0.25) is 0 Å². The Kier molecular flexibility index (Phi) is 5.09. The highest BCUT2D eigenvalue weighted by Crippen LogP contribution is 2.24. The molecule has 0 aliphatic heterocycles. The normalized spacial score (nSPS) is 13.1. The van der Waals surface area contributed by atoms with Crippen LogP contribution in [0.5, 0.6) is 0 Å². The van der Waals surface area contributed by atoms with Gasteiger partial charge in [0.15, 0.2) is 0 Å². The van der Waals surface area contributed by atoms with Gasteiger partial charge in [-0.25, -0.2) is 0 Å². The molecule has 86 valence electrons. The largest absolute Gasteiger partial charge is 0.317 e. The molecule has 0 aliphatic rings. The highest BCUT2D eigenvalue weighted by Gasteiger charge is 2.16. The first kappa shape index (κ1) is 12.5. The van der Waals surface area contributed by atoms with Crippen LogP contribution >= 0.6 is 11.6 Å². The Morgan fingerprint density at radius 3 is 2.53 bits per heavy atom.